The summed E-state index contributed by atoms with van der Waals surface area (Å²) in [4.78, 5) is 58.3. The smallest absolute Gasteiger partial charge is 0.323 e. The molecule has 10 nitrogen and oxygen atoms in total. The Morgan fingerprint density at radius 2 is 1.81 bits per heavy atom. The van der Waals surface area contributed by atoms with E-state index in [0.717, 1.165) is 5.56 Å². The predicted octanol–water partition coefficient (Wildman–Crippen LogP) is 0.0606. The van der Waals surface area contributed by atoms with Crippen LogP contribution in [-0.4, -0.2) is 72.8 Å². The zero-order chi connectivity index (χ0) is 23.1. The Bertz CT molecular complexity index is 768. The van der Waals surface area contributed by atoms with E-state index in [-0.39, 0.29) is 50.2 Å². The van der Waals surface area contributed by atoms with Crippen LogP contribution in [0.15, 0.2) is 24.3 Å². The lowest BCUT2D eigenvalue weighted by Crippen LogP contribution is -2.39. The molecule has 0 bridgehead atoms. The number of nitrogens with one attached hydrogen (secondary N) is 3. The number of carbonyl (C=O) groups excluding carboxylic acids is 4. The zero-order valence-corrected chi connectivity index (χ0v) is 17.7. The SMILES string of the molecule is Cc1cccc(C(=O)NCCCCN(CC(=O)O)C(=O)CCNC(=O)CCNC=O)c1. The van der Waals surface area contributed by atoms with Crippen LogP contribution in [0.5, 0.6) is 0 Å². The van der Waals surface area contributed by atoms with Gasteiger partial charge in [-0.15, -0.1) is 0 Å². The summed E-state index contributed by atoms with van der Waals surface area (Å²) in [5, 5.41) is 16.8. The normalized spacial score (nSPS) is 10.1. The number of carboxylic acids is 1. The number of carboxylic acid groups (broad SMARTS) is 1. The van der Waals surface area contributed by atoms with Gasteiger partial charge in [-0.1, -0.05) is 17.7 Å². The number of aliphatic carboxylic acids is 1. The lowest BCUT2D eigenvalue weighted by atomic mass is 10.1. The maximum absolute atomic E-state index is 12.3. The largest absolute Gasteiger partial charge is 0.480 e. The van der Waals surface area contributed by atoms with Crippen molar-refractivity contribution in [1.29, 1.82) is 0 Å². The van der Waals surface area contributed by atoms with E-state index in [0.29, 0.717) is 31.4 Å². The third kappa shape index (κ3) is 11.4. The molecule has 4 N–H and O–H groups in total. The summed E-state index contributed by atoms with van der Waals surface area (Å²) in [6.45, 7) is 2.42. The molecule has 1 rings (SSSR count). The summed E-state index contributed by atoms with van der Waals surface area (Å²) in [7, 11) is 0. The molecule has 1 aromatic rings. The van der Waals surface area contributed by atoms with E-state index < -0.39 is 12.5 Å². The van der Waals surface area contributed by atoms with Crippen LogP contribution in [0, 0.1) is 6.92 Å². The molecule has 0 spiro atoms. The van der Waals surface area contributed by atoms with Gasteiger partial charge in [-0.2, -0.15) is 0 Å². The van der Waals surface area contributed by atoms with Gasteiger partial charge in [-0.05, 0) is 31.9 Å². The van der Waals surface area contributed by atoms with E-state index in [2.05, 4.69) is 16.0 Å². The number of benzene rings is 1. The fraction of sp³-hybridized carbons (Fsp3) is 0.476. The molecular formula is C21H30N4O6. The van der Waals surface area contributed by atoms with Gasteiger partial charge < -0.3 is 26.0 Å². The van der Waals surface area contributed by atoms with E-state index in [9.17, 15) is 24.0 Å². The molecule has 0 aliphatic rings. The quantitative estimate of drug-likeness (QED) is 0.227. The molecule has 10 heteroatoms. The van der Waals surface area contributed by atoms with E-state index in [1.54, 1.807) is 12.1 Å². The molecule has 1 aromatic carbocycles. The van der Waals surface area contributed by atoms with Gasteiger partial charge in [0, 0.05) is 44.6 Å². The van der Waals surface area contributed by atoms with Gasteiger partial charge in [0.1, 0.15) is 6.54 Å². The van der Waals surface area contributed by atoms with Crippen LogP contribution < -0.4 is 16.0 Å². The van der Waals surface area contributed by atoms with Crippen molar-refractivity contribution in [2.75, 3.05) is 32.7 Å². The number of rotatable bonds is 15. The number of hydrogen-bond acceptors (Lipinski definition) is 5. The van der Waals surface area contributed by atoms with Gasteiger partial charge in [0.15, 0.2) is 0 Å². The molecule has 0 aliphatic carbocycles. The number of carbonyl (C=O) groups is 5. The van der Waals surface area contributed by atoms with E-state index in [4.69, 9.17) is 5.11 Å². The maximum Gasteiger partial charge on any atom is 0.323 e. The molecule has 170 valence electrons. The standard InChI is InChI=1S/C21H30N4O6/c1-16-5-4-6-17(13-16)21(31)24-9-2-3-12-25(14-20(29)30)19(28)8-11-23-18(27)7-10-22-15-26/h4-6,13,15H,2-3,7-12,14H2,1H3,(H,22,26)(H,23,27)(H,24,31)(H,29,30). The van der Waals surface area contributed by atoms with Gasteiger partial charge in [0.05, 0.1) is 0 Å². The van der Waals surface area contributed by atoms with Gasteiger partial charge in [-0.25, -0.2) is 0 Å². The number of unbranched alkanes of at least 4 members (excludes halogenated alkanes) is 1. The minimum absolute atomic E-state index is 0.0236. The number of nitrogens with zero attached hydrogens (tertiary/aromatic N) is 1. The Kier molecular flexibility index (Phi) is 12.0. The van der Waals surface area contributed by atoms with Crippen molar-refractivity contribution in [3.8, 4) is 0 Å². The van der Waals surface area contributed by atoms with Crippen molar-refractivity contribution in [2.45, 2.75) is 32.6 Å². The van der Waals surface area contributed by atoms with Crippen molar-refractivity contribution in [3.63, 3.8) is 0 Å². The van der Waals surface area contributed by atoms with Gasteiger partial charge >= 0.3 is 5.97 Å². The lowest BCUT2D eigenvalue weighted by molar-refractivity contribution is -0.144. The molecule has 0 fully saturated rings. The fourth-order valence-corrected chi connectivity index (χ4v) is 2.77. The van der Waals surface area contributed by atoms with Gasteiger partial charge in [0.25, 0.3) is 5.91 Å². The first-order valence-corrected chi connectivity index (χ1v) is 10.1. The Hall–Kier alpha value is -3.43. The molecular weight excluding hydrogens is 404 g/mol. The molecule has 0 atom stereocenters. The molecule has 0 saturated carbocycles. The third-order valence-electron chi connectivity index (χ3n) is 4.34. The summed E-state index contributed by atoms with van der Waals surface area (Å²) in [6.07, 6.45) is 1.68. The zero-order valence-electron chi connectivity index (χ0n) is 17.7. The Morgan fingerprint density at radius 1 is 1.03 bits per heavy atom. The van der Waals surface area contributed by atoms with Gasteiger partial charge in [0.2, 0.25) is 18.2 Å². The second-order valence-electron chi connectivity index (χ2n) is 6.96. The van der Waals surface area contributed by atoms with Crippen molar-refractivity contribution >= 4 is 30.1 Å². The first-order valence-electron chi connectivity index (χ1n) is 10.1. The van der Waals surface area contributed by atoms with E-state index >= 15 is 0 Å². The molecule has 4 amide bonds. The summed E-state index contributed by atoms with van der Waals surface area (Å²) in [5.41, 5.74) is 1.57. The van der Waals surface area contributed by atoms with Gasteiger partial charge in [-0.3, -0.25) is 24.0 Å². The van der Waals surface area contributed by atoms with Crippen LogP contribution in [0.25, 0.3) is 0 Å². The topological polar surface area (TPSA) is 145 Å². The number of hydrogen-bond donors (Lipinski definition) is 4. The summed E-state index contributed by atoms with van der Waals surface area (Å²) >= 11 is 0. The van der Waals surface area contributed by atoms with Crippen LogP contribution in [0.2, 0.25) is 0 Å². The maximum atomic E-state index is 12.3. The fourth-order valence-electron chi connectivity index (χ4n) is 2.77. The molecule has 0 radical (unpaired) electrons. The number of amides is 4. The minimum Gasteiger partial charge on any atom is -0.480 e. The first kappa shape index (κ1) is 25.6. The van der Waals surface area contributed by atoms with Crippen LogP contribution in [-0.2, 0) is 19.2 Å². The highest BCUT2D eigenvalue weighted by Crippen LogP contribution is 2.04. The second-order valence-corrected chi connectivity index (χ2v) is 6.96. The molecule has 0 aliphatic heterocycles. The highest BCUT2D eigenvalue weighted by molar-refractivity contribution is 5.94. The van der Waals surface area contributed by atoms with E-state index in [1.807, 2.05) is 19.1 Å². The van der Waals surface area contributed by atoms with Crippen LogP contribution >= 0.6 is 0 Å². The summed E-state index contributed by atoms with van der Waals surface area (Å²) < 4.78 is 0. The Labute approximate surface area is 181 Å². The predicted molar refractivity (Wildman–Crippen MR) is 113 cm³/mol. The summed E-state index contributed by atoms with van der Waals surface area (Å²) in [6, 6.07) is 7.23. The van der Waals surface area contributed by atoms with Crippen molar-refractivity contribution in [3.05, 3.63) is 35.4 Å². The van der Waals surface area contributed by atoms with Crippen LogP contribution in [0.3, 0.4) is 0 Å². The Balaban J connectivity index is 2.33. The van der Waals surface area contributed by atoms with Crippen molar-refractivity contribution in [2.24, 2.45) is 0 Å². The van der Waals surface area contributed by atoms with Crippen LogP contribution in [0.4, 0.5) is 0 Å². The van der Waals surface area contributed by atoms with Crippen LogP contribution in [0.1, 0.15) is 41.6 Å². The lowest BCUT2D eigenvalue weighted by Gasteiger charge is -2.21. The first-order chi connectivity index (χ1) is 14.8. The average molecular weight is 434 g/mol. The highest BCUT2D eigenvalue weighted by atomic mass is 16.4. The monoisotopic (exact) mass is 434 g/mol. The molecule has 0 aromatic heterocycles. The van der Waals surface area contributed by atoms with Crippen molar-refractivity contribution < 1.29 is 29.1 Å². The summed E-state index contributed by atoms with van der Waals surface area (Å²) in [5.74, 6) is -1.99. The molecule has 0 saturated heterocycles. The highest BCUT2D eigenvalue weighted by Gasteiger charge is 2.16. The molecule has 0 heterocycles. The number of aryl methyl sites for hydroxylation is 1. The van der Waals surface area contributed by atoms with Crippen molar-refractivity contribution in [1.82, 2.24) is 20.9 Å². The molecule has 31 heavy (non-hydrogen) atoms. The minimum atomic E-state index is -1.12. The Morgan fingerprint density at radius 3 is 2.48 bits per heavy atom. The second kappa shape index (κ2) is 14.5. The van der Waals surface area contributed by atoms with E-state index in [1.165, 1.54) is 4.90 Å². The third-order valence-corrected chi connectivity index (χ3v) is 4.34. The molecule has 0 unspecified atom stereocenters. The average Bonchev–Trinajstić information content (AvgIpc) is 2.72.